The Balaban J connectivity index is 2.08. The Morgan fingerprint density at radius 3 is 2.19 bits per heavy atom. The van der Waals surface area contributed by atoms with E-state index in [1.165, 1.54) is 0 Å². The van der Waals surface area contributed by atoms with Crippen molar-refractivity contribution in [3.05, 3.63) is 65.5 Å². The molecule has 2 rings (SSSR count). The van der Waals surface area contributed by atoms with E-state index >= 15 is 0 Å². The van der Waals surface area contributed by atoms with Gasteiger partial charge in [0.25, 0.3) is 5.91 Å². The highest BCUT2D eigenvalue weighted by molar-refractivity contribution is 7.85. The van der Waals surface area contributed by atoms with Crippen molar-refractivity contribution in [2.45, 2.75) is 17.4 Å². The molecule has 0 unspecified atom stereocenters. The minimum atomic E-state index is -1.51. The number of carbonyl (C=O) groups excluding carboxylic acids is 1. The predicted octanol–water partition coefficient (Wildman–Crippen LogP) is 2.48. The Labute approximate surface area is 149 Å². The molecule has 1 amide bonds. The summed E-state index contributed by atoms with van der Waals surface area (Å²) in [6.07, 6.45) is -0.229. The molecule has 0 saturated carbocycles. The molecule has 0 radical (unpaired) electrons. The molecule has 0 aliphatic rings. The molecule has 0 bridgehead atoms. The molecule has 0 aliphatic carbocycles. The van der Waals surface area contributed by atoms with Crippen LogP contribution in [-0.2, 0) is 15.6 Å². The third-order valence-corrected chi connectivity index (χ3v) is 4.84. The zero-order chi connectivity index (χ0) is 19.3. The van der Waals surface area contributed by atoms with Crippen LogP contribution in [0.25, 0.3) is 0 Å². The van der Waals surface area contributed by atoms with Crippen LogP contribution in [0.2, 0.25) is 0 Å². The van der Waals surface area contributed by atoms with Gasteiger partial charge in [-0.3, -0.25) is 9.00 Å². The van der Waals surface area contributed by atoms with E-state index in [4.69, 9.17) is 0 Å². The van der Waals surface area contributed by atoms with Gasteiger partial charge in [-0.2, -0.15) is 0 Å². The van der Waals surface area contributed by atoms with E-state index in [0.717, 1.165) is 0 Å². The van der Waals surface area contributed by atoms with Gasteiger partial charge in [0.1, 0.15) is 29.1 Å². The van der Waals surface area contributed by atoms with E-state index < -0.39 is 51.7 Å². The molecule has 2 aromatic rings. The van der Waals surface area contributed by atoms with Crippen molar-refractivity contribution in [3.63, 3.8) is 0 Å². The van der Waals surface area contributed by atoms with E-state index in [-0.39, 0.29) is 12.2 Å². The molecule has 26 heavy (non-hydrogen) atoms. The molecule has 2 atom stereocenters. The zero-order valence-corrected chi connectivity index (χ0v) is 14.1. The number of carboxylic acids is 1. The number of halogens is 3. The van der Waals surface area contributed by atoms with Gasteiger partial charge < -0.3 is 10.4 Å². The Hall–Kier alpha value is -2.68. The van der Waals surface area contributed by atoms with E-state index in [2.05, 4.69) is 0 Å². The van der Waals surface area contributed by atoms with Crippen molar-refractivity contribution in [1.82, 2.24) is 5.32 Å². The smallest absolute Gasteiger partial charge is 0.326 e. The van der Waals surface area contributed by atoms with Gasteiger partial charge in [0.05, 0.1) is 10.8 Å². The van der Waals surface area contributed by atoms with Crippen molar-refractivity contribution in [1.29, 1.82) is 0 Å². The number of carboxylic acid groups (broad SMARTS) is 1. The number of hydrogen-bond acceptors (Lipinski definition) is 3. The van der Waals surface area contributed by atoms with Crippen LogP contribution in [-0.4, -0.2) is 33.0 Å². The highest BCUT2D eigenvalue weighted by Gasteiger charge is 2.25. The van der Waals surface area contributed by atoms with Crippen LogP contribution in [0, 0.1) is 17.5 Å². The third kappa shape index (κ3) is 4.92. The number of aliphatic carboxylic acids is 1. The topological polar surface area (TPSA) is 83.5 Å². The quantitative estimate of drug-likeness (QED) is 0.767. The fourth-order valence-electron chi connectivity index (χ4n) is 2.16. The fourth-order valence-corrected chi connectivity index (χ4v) is 3.31. The number of hydrogen-bond donors (Lipinski definition) is 2. The molecule has 2 aromatic carbocycles. The van der Waals surface area contributed by atoms with Crippen molar-refractivity contribution in [3.8, 4) is 0 Å². The van der Waals surface area contributed by atoms with Crippen LogP contribution < -0.4 is 5.32 Å². The molecular formula is C17H14F3NO4S. The molecule has 0 spiro atoms. The highest BCUT2D eigenvalue weighted by atomic mass is 32.2. The monoisotopic (exact) mass is 385 g/mol. The SMILES string of the molecule is O=C(N[C@@H](CC[S@](=O)c1ccccc1)C(=O)O)c1c(F)cc(F)cc1F. The largest absolute Gasteiger partial charge is 0.480 e. The van der Waals surface area contributed by atoms with Crippen molar-refractivity contribution in [2.75, 3.05) is 5.75 Å². The first-order chi connectivity index (χ1) is 12.3. The molecule has 9 heteroatoms. The zero-order valence-electron chi connectivity index (χ0n) is 13.2. The second kappa shape index (κ2) is 8.61. The summed E-state index contributed by atoms with van der Waals surface area (Å²) in [6, 6.07) is 7.40. The van der Waals surface area contributed by atoms with Crippen LogP contribution >= 0.6 is 0 Å². The summed E-state index contributed by atoms with van der Waals surface area (Å²) in [4.78, 5) is 23.7. The summed E-state index contributed by atoms with van der Waals surface area (Å²) in [6.45, 7) is 0. The minimum Gasteiger partial charge on any atom is -0.480 e. The van der Waals surface area contributed by atoms with Crippen LogP contribution in [0.3, 0.4) is 0 Å². The molecule has 0 saturated heterocycles. The maximum Gasteiger partial charge on any atom is 0.326 e. The summed E-state index contributed by atoms with van der Waals surface area (Å²) >= 11 is 0. The van der Waals surface area contributed by atoms with Gasteiger partial charge in [-0.1, -0.05) is 18.2 Å². The summed E-state index contributed by atoms with van der Waals surface area (Å²) in [5.74, 6) is -6.97. The van der Waals surface area contributed by atoms with Gasteiger partial charge in [0, 0.05) is 22.8 Å². The molecular weight excluding hydrogens is 371 g/mol. The Morgan fingerprint density at radius 2 is 1.65 bits per heavy atom. The highest BCUT2D eigenvalue weighted by Crippen LogP contribution is 2.15. The van der Waals surface area contributed by atoms with Crippen molar-refractivity contribution in [2.24, 2.45) is 0 Å². The maximum atomic E-state index is 13.6. The average Bonchev–Trinajstić information content (AvgIpc) is 2.57. The Bertz CT molecular complexity index is 822. The molecule has 0 aliphatic heterocycles. The van der Waals surface area contributed by atoms with E-state index in [9.17, 15) is 32.1 Å². The standard InChI is InChI=1S/C17H14F3NO4S/c18-10-8-12(19)15(13(20)9-10)16(22)21-14(17(23)24)6-7-26(25)11-4-2-1-3-5-11/h1-5,8-9,14H,6-7H2,(H,21,22)(H,23,24)/t14-,26-/m0/s1. The van der Waals surface area contributed by atoms with Crippen molar-refractivity contribution < 1.29 is 32.1 Å². The lowest BCUT2D eigenvalue weighted by atomic mass is 10.1. The van der Waals surface area contributed by atoms with Gasteiger partial charge in [-0.25, -0.2) is 18.0 Å². The summed E-state index contributed by atoms with van der Waals surface area (Å²) in [5, 5.41) is 11.1. The number of rotatable bonds is 7. The van der Waals surface area contributed by atoms with E-state index in [0.29, 0.717) is 17.0 Å². The van der Waals surface area contributed by atoms with Crippen LogP contribution in [0.15, 0.2) is 47.4 Å². The lowest BCUT2D eigenvalue weighted by Crippen LogP contribution is -2.42. The predicted molar refractivity (Wildman–Crippen MR) is 87.5 cm³/mol. The minimum absolute atomic E-state index is 0.0877. The van der Waals surface area contributed by atoms with E-state index in [1.807, 2.05) is 5.32 Å². The molecule has 0 fully saturated rings. The Morgan fingerprint density at radius 1 is 1.08 bits per heavy atom. The third-order valence-electron chi connectivity index (χ3n) is 3.44. The van der Waals surface area contributed by atoms with Gasteiger partial charge in [-0.05, 0) is 18.6 Å². The van der Waals surface area contributed by atoms with Gasteiger partial charge in [0.2, 0.25) is 0 Å². The second-order valence-corrected chi connectivity index (χ2v) is 6.83. The first-order valence-electron chi connectivity index (χ1n) is 7.41. The van der Waals surface area contributed by atoms with Gasteiger partial charge >= 0.3 is 5.97 Å². The second-order valence-electron chi connectivity index (χ2n) is 5.26. The summed E-state index contributed by atoms with van der Waals surface area (Å²) < 4.78 is 52.2. The maximum absolute atomic E-state index is 13.6. The number of carbonyl (C=O) groups is 2. The molecule has 0 heterocycles. The normalized spacial score (nSPS) is 13.0. The fraction of sp³-hybridized carbons (Fsp3) is 0.176. The lowest BCUT2D eigenvalue weighted by molar-refractivity contribution is -0.139. The first kappa shape index (κ1) is 19.6. The summed E-state index contributed by atoms with van der Waals surface area (Å²) in [7, 11) is -1.50. The van der Waals surface area contributed by atoms with E-state index in [1.54, 1.807) is 30.3 Å². The van der Waals surface area contributed by atoms with Crippen LogP contribution in [0.4, 0.5) is 13.2 Å². The summed E-state index contributed by atoms with van der Waals surface area (Å²) in [5.41, 5.74) is -1.08. The van der Waals surface area contributed by atoms with Crippen molar-refractivity contribution >= 4 is 22.7 Å². The van der Waals surface area contributed by atoms with Crippen LogP contribution in [0.5, 0.6) is 0 Å². The first-order valence-corrected chi connectivity index (χ1v) is 8.73. The molecule has 5 nitrogen and oxygen atoms in total. The number of amides is 1. The van der Waals surface area contributed by atoms with Gasteiger partial charge in [0.15, 0.2) is 0 Å². The lowest BCUT2D eigenvalue weighted by Gasteiger charge is -2.15. The molecule has 2 N–H and O–H groups in total. The van der Waals surface area contributed by atoms with Crippen LogP contribution in [0.1, 0.15) is 16.8 Å². The average molecular weight is 385 g/mol. The van der Waals surface area contributed by atoms with Gasteiger partial charge in [-0.15, -0.1) is 0 Å². The number of benzene rings is 2. The Kier molecular flexibility index (Phi) is 6.51. The molecule has 0 aromatic heterocycles. The molecule has 138 valence electrons. The number of nitrogens with one attached hydrogen (secondary N) is 1.